The van der Waals surface area contributed by atoms with E-state index >= 15 is 0 Å². The lowest BCUT2D eigenvalue weighted by atomic mass is 10.2. The molecule has 2 N–H and O–H groups in total. The first-order valence-electron chi connectivity index (χ1n) is 4.19. The third kappa shape index (κ3) is 2.73. The molecule has 0 aliphatic rings. The van der Waals surface area contributed by atoms with Gasteiger partial charge in [0, 0.05) is 6.42 Å². The predicted octanol–water partition coefficient (Wildman–Crippen LogP) is 2.21. The average Bonchev–Trinajstić information content (AvgIpc) is 2.45. The molecular weight excluding hydrogens is 190 g/mol. The largest absolute Gasteiger partial charge is 0.411 e. The number of aromatic amines is 1. The molecule has 0 atom stereocenters. The molecule has 0 saturated carbocycles. The Labute approximate surface area is 81.6 Å². The third-order valence-corrected chi connectivity index (χ3v) is 1.97. The van der Waals surface area contributed by atoms with Gasteiger partial charge in [0.15, 0.2) is 0 Å². The Bertz CT molecular complexity index is 296. The van der Waals surface area contributed by atoms with Crippen LogP contribution in [0.3, 0.4) is 0 Å². The molecule has 0 amide bonds. The minimum absolute atomic E-state index is 0.420. The summed E-state index contributed by atoms with van der Waals surface area (Å²) in [6.45, 7) is 2.11. The monoisotopic (exact) mass is 201 g/mol. The molecule has 0 fully saturated rings. The molecule has 13 heavy (non-hydrogen) atoms. The Balaban J connectivity index is 2.70. The highest BCUT2D eigenvalue weighted by atomic mass is 35.5. The number of oxime groups is 1. The van der Waals surface area contributed by atoms with Crippen LogP contribution in [0.4, 0.5) is 0 Å². The molecule has 0 spiro atoms. The summed E-state index contributed by atoms with van der Waals surface area (Å²) in [6, 6.07) is 0. The highest BCUT2D eigenvalue weighted by Gasteiger charge is 2.05. The molecule has 0 radical (unpaired) electrons. The topological polar surface area (TPSA) is 61.3 Å². The van der Waals surface area contributed by atoms with Crippen molar-refractivity contribution in [2.24, 2.45) is 5.16 Å². The van der Waals surface area contributed by atoms with Gasteiger partial charge in [-0.05, 0) is 6.42 Å². The summed E-state index contributed by atoms with van der Waals surface area (Å²) in [7, 11) is 0. The third-order valence-electron chi connectivity index (χ3n) is 1.68. The number of rotatable bonds is 4. The van der Waals surface area contributed by atoms with Gasteiger partial charge in [-0.1, -0.05) is 30.1 Å². The Morgan fingerprint density at radius 1 is 1.69 bits per heavy atom. The second kappa shape index (κ2) is 4.87. The second-order valence-corrected chi connectivity index (χ2v) is 3.11. The van der Waals surface area contributed by atoms with Crippen LogP contribution in [-0.4, -0.2) is 21.4 Å². The van der Waals surface area contributed by atoms with Crippen LogP contribution in [-0.2, 0) is 6.42 Å². The number of aromatic nitrogens is 2. The lowest BCUT2D eigenvalue weighted by molar-refractivity contribution is 0.321. The van der Waals surface area contributed by atoms with E-state index in [9.17, 15) is 0 Å². The van der Waals surface area contributed by atoms with Crippen molar-refractivity contribution >= 4 is 17.8 Å². The zero-order valence-corrected chi connectivity index (χ0v) is 8.17. The van der Waals surface area contributed by atoms with Crippen molar-refractivity contribution < 1.29 is 5.21 Å². The highest BCUT2D eigenvalue weighted by Crippen LogP contribution is 2.11. The van der Waals surface area contributed by atoms with Crippen LogP contribution in [0, 0.1) is 0 Å². The molecule has 0 unspecified atom stereocenters. The minimum atomic E-state index is 0.420. The fourth-order valence-electron chi connectivity index (χ4n) is 1.02. The van der Waals surface area contributed by atoms with Gasteiger partial charge in [-0.2, -0.15) is 0 Å². The number of hydrogen-bond acceptors (Lipinski definition) is 3. The lowest BCUT2D eigenvalue weighted by Crippen LogP contribution is -1.87. The molecule has 1 aromatic heterocycles. The van der Waals surface area contributed by atoms with Crippen molar-refractivity contribution in [3.05, 3.63) is 16.7 Å². The quantitative estimate of drug-likeness (QED) is 0.446. The van der Waals surface area contributed by atoms with E-state index in [0.29, 0.717) is 10.8 Å². The number of nitrogens with one attached hydrogen (secondary N) is 1. The fourth-order valence-corrected chi connectivity index (χ4v) is 1.22. The van der Waals surface area contributed by atoms with E-state index in [0.717, 1.165) is 25.1 Å². The van der Waals surface area contributed by atoms with Crippen LogP contribution < -0.4 is 0 Å². The van der Waals surface area contributed by atoms with Gasteiger partial charge in [0.25, 0.3) is 0 Å². The average molecular weight is 202 g/mol. The lowest BCUT2D eigenvalue weighted by Gasteiger charge is -1.90. The molecule has 5 heteroatoms. The number of halogens is 1. The van der Waals surface area contributed by atoms with E-state index in [1.165, 1.54) is 6.21 Å². The maximum atomic E-state index is 8.29. The summed E-state index contributed by atoms with van der Waals surface area (Å²) in [4.78, 5) is 7.06. The van der Waals surface area contributed by atoms with E-state index in [1.54, 1.807) is 0 Å². The minimum Gasteiger partial charge on any atom is -0.411 e. The molecule has 0 saturated heterocycles. The first-order chi connectivity index (χ1) is 6.27. The van der Waals surface area contributed by atoms with Gasteiger partial charge >= 0.3 is 0 Å². The number of aryl methyl sites for hydroxylation is 1. The van der Waals surface area contributed by atoms with Crippen molar-refractivity contribution in [1.82, 2.24) is 9.97 Å². The number of unbranched alkanes of at least 4 members (excludes halogenated alkanes) is 1. The van der Waals surface area contributed by atoms with Gasteiger partial charge < -0.3 is 10.2 Å². The van der Waals surface area contributed by atoms with Crippen molar-refractivity contribution in [2.45, 2.75) is 26.2 Å². The van der Waals surface area contributed by atoms with Crippen molar-refractivity contribution in [3.63, 3.8) is 0 Å². The number of hydrogen-bond donors (Lipinski definition) is 2. The maximum Gasteiger partial charge on any atom is 0.135 e. The summed E-state index contributed by atoms with van der Waals surface area (Å²) in [5, 5.41) is 11.6. The van der Waals surface area contributed by atoms with Gasteiger partial charge in [0.2, 0.25) is 0 Å². The van der Waals surface area contributed by atoms with E-state index in [2.05, 4.69) is 22.0 Å². The molecule has 1 heterocycles. The van der Waals surface area contributed by atoms with Crippen LogP contribution in [0.15, 0.2) is 5.16 Å². The molecule has 0 aromatic carbocycles. The number of nitrogens with zero attached hydrogens (tertiary/aromatic N) is 2. The zero-order valence-electron chi connectivity index (χ0n) is 7.42. The van der Waals surface area contributed by atoms with Crippen LogP contribution in [0.2, 0.25) is 5.15 Å². The Hall–Kier alpha value is -1.03. The van der Waals surface area contributed by atoms with Gasteiger partial charge in [0.05, 0.1) is 6.21 Å². The van der Waals surface area contributed by atoms with Crippen molar-refractivity contribution in [2.75, 3.05) is 0 Å². The fraction of sp³-hybridized carbons (Fsp3) is 0.500. The molecule has 1 rings (SSSR count). The standard InChI is InChI=1S/C8H12ClN3O/c1-2-3-4-7-11-6(5-10-13)8(9)12-7/h5,13H,2-4H2,1H3,(H,11,12)/b10-5+. The normalized spacial score (nSPS) is 11.2. The highest BCUT2D eigenvalue weighted by molar-refractivity contribution is 6.31. The summed E-state index contributed by atoms with van der Waals surface area (Å²) in [5.74, 6) is 0.835. The van der Waals surface area contributed by atoms with Crippen LogP contribution >= 0.6 is 11.6 Å². The molecular formula is C8H12ClN3O. The first-order valence-corrected chi connectivity index (χ1v) is 4.57. The van der Waals surface area contributed by atoms with Gasteiger partial charge in [-0.3, -0.25) is 0 Å². The maximum absolute atomic E-state index is 8.29. The first kappa shape index (κ1) is 10.1. The summed E-state index contributed by atoms with van der Waals surface area (Å²) in [5.41, 5.74) is 0.482. The molecule has 0 aliphatic heterocycles. The smallest absolute Gasteiger partial charge is 0.135 e. The molecule has 0 aliphatic carbocycles. The second-order valence-electron chi connectivity index (χ2n) is 2.73. The van der Waals surface area contributed by atoms with E-state index in [-0.39, 0.29) is 0 Å². The van der Waals surface area contributed by atoms with Crippen molar-refractivity contribution in [3.8, 4) is 0 Å². The van der Waals surface area contributed by atoms with Crippen LogP contribution in [0.5, 0.6) is 0 Å². The Morgan fingerprint density at radius 2 is 2.46 bits per heavy atom. The SMILES string of the molecule is CCCCc1nc(/C=N/O)c(Cl)[nH]1. The Kier molecular flexibility index (Phi) is 3.76. The van der Waals surface area contributed by atoms with Gasteiger partial charge in [0.1, 0.15) is 16.7 Å². The van der Waals surface area contributed by atoms with Gasteiger partial charge in [-0.25, -0.2) is 4.98 Å². The van der Waals surface area contributed by atoms with E-state index in [1.807, 2.05) is 0 Å². The summed E-state index contributed by atoms with van der Waals surface area (Å²) in [6.07, 6.45) is 4.27. The van der Waals surface area contributed by atoms with Crippen LogP contribution in [0.1, 0.15) is 31.3 Å². The van der Waals surface area contributed by atoms with Gasteiger partial charge in [-0.15, -0.1) is 0 Å². The Morgan fingerprint density at radius 3 is 3.08 bits per heavy atom. The summed E-state index contributed by atoms with van der Waals surface area (Å²) >= 11 is 5.78. The van der Waals surface area contributed by atoms with E-state index in [4.69, 9.17) is 16.8 Å². The summed E-state index contributed by atoms with van der Waals surface area (Å²) < 4.78 is 0. The number of imidazole rings is 1. The number of H-pyrrole nitrogens is 1. The zero-order chi connectivity index (χ0) is 9.68. The molecule has 4 nitrogen and oxygen atoms in total. The molecule has 0 bridgehead atoms. The predicted molar refractivity (Wildman–Crippen MR) is 51.6 cm³/mol. The van der Waals surface area contributed by atoms with Crippen molar-refractivity contribution in [1.29, 1.82) is 0 Å². The van der Waals surface area contributed by atoms with E-state index < -0.39 is 0 Å². The molecule has 72 valence electrons. The molecule has 1 aromatic rings. The van der Waals surface area contributed by atoms with Crippen LogP contribution in [0.25, 0.3) is 0 Å².